The molecule has 6 nitrogen and oxygen atoms in total. The van der Waals surface area contributed by atoms with Crippen LogP contribution in [0.25, 0.3) is 10.9 Å². The maximum atomic E-state index is 13.4. The molecule has 2 heterocycles. The predicted molar refractivity (Wildman–Crippen MR) is 140 cm³/mol. The topological polar surface area (TPSA) is 82.9 Å². The van der Waals surface area contributed by atoms with Crippen molar-refractivity contribution >= 4 is 40.2 Å². The second kappa shape index (κ2) is 12.1. The summed E-state index contributed by atoms with van der Waals surface area (Å²) in [6, 6.07) is 7.23. The SMILES string of the molecule is COc1ccc2ncc(Cl)c(C(O)CCC3(C(=O)O)CCN(CCSc4cc(F)c(F)c(F)c4)CC3)c2c1. The molecule has 1 fully saturated rings. The molecule has 0 radical (unpaired) electrons. The third kappa shape index (κ3) is 6.20. The predicted octanol–water partition coefficient (Wildman–Crippen LogP) is 6.09. The van der Waals surface area contributed by atoms with Crippen molar-refractivity contribution < 1.29 is 32.9 Å². The van der Waals surface area contributed by atoms with Crippen LogP contribution in [0.5, 0.6) is 5.75 Å². The van der Waals surface area contributed by atoms with E-state index in [4.69, 9.17) is 16.3 Å². The van der Waals surface area contributed by atoms with Crippen LogP contribution >= 0.6 is 23.4 Å². The van der Waals surface area contributed by atoms with E-state index in [1.165, 1.54) is 18.0 Å². The van der Waals surface area contributed by atoms with Gasteiger partial charge >= 0.3 is 5.97 Å². The number of hydrogen-bond acceptors (Lipinski definition) is 6. The summed E-state index contributed by atoms with van der Waals surface area (Å²) >= 11 is 7.61. The number of aliphatic hydroxyl groups is 1. The summed E-state index contributed by atoms with van der Waals surface area (Å²) in [7, 11) is 1.54. The molecular weight excluding hydrogens is 541 g/mol. The average molecular weight is 569 g/mol. The van der Waals surface area contributed by atoms with Crippen LogP contribution in [-0.2, 0) is 4.79 Å². The Morgan fingerprint density at radius 2 is 1.89 bits per heavy atom. The Morgan fingerprint density at radius 1 is 1.21 bits per heavy atom. The Hall–Kier alpha value is -2.53. The van der Waals surface area contributed by atoms with E-state index >= 15 is 0 Å². The van der Waals surface area contributed by atoms with E-state index in [0.29, 0.717) is 70.4 Å². The zero-order valence-electron chi connectivity index (χ0n) is 20.7. The molecule has 0 amide bonds. The largest absolute Gasteiger partial charge is 0.497 e. The van der Waals surface area contributed by atoms with E-state index < -0.39 is 34.9 Å². The molecule has 1 atom stereocenters. The van der Waals surface area contributed by atoms with Crippen molar-refractivity contribution in [3.8, 4) is 5.75 Å². The summed E-state index contributed by atoms with van der Waals surface area (Å²) < 4.78 is 45.3. The van der Waals surface area contributed by atoms with Crippen molar-refractivity contribution in [2.24, 2.45) is 5.41 Å². The fraction of sp³-hybridized carbons (Fsp3) is 0.407. The van der Waals surface area contributed by atoms with Crippen molar-refractivity contribution in [1.82, 2.24) is 9.88 Å². The number of pyridine rings is 1. The molecule has 3 aromatic rings. The van der Waals surface area contributed by atoms with Crippen molar-refractivity contribution in [2.45, 2.75) is 36.7 Å². The van der Waals surface area contributed by atoms with Crippen molar-refractivity contribution in [1.29, 1.82) is 0 Å². The first-order valence-corrected chi connectivity index (χ1v) is 13.5. The minimum Gasteiger partial charge on any atom is -0.497 e. The third-order valence-corrected chi connectivity index (χ3v) is 8.46. The molecule has 11 heteroatoms. The Bertz CT molecular complexity index is 1300. The average Bonchev–Trinajstić information content (AvgIpc) is 2.90. The minimum atomic E-state index is -1.49. The van der Waals surface area contributed by atoms with Gasteiger partial charge in [-0.25, -0.2) is 13.2 Å². The van der Waals surface area contributed by atoms with Gasteiger partial charge in [0.25, 0.3) is 0 Å². The van der Waals surface area contributed by atoms with Gasteiger partial charge < -0.3 is 19.8 Å². The van der Waals surface area contributed by atoms with E-state index in [0.717, 1.165) is 12.1 Å². The number of aromatic nitrogens is 1. The number of hydrogen-bond donors (Lipinski definition) is 2. The molecule has 38 heavy (non-hydrogen) atoms. The lowest BCUT2D eigenvalue weighted by molar-refractivity contribution is -0.153. The van der Waals surface area contributed by atoms with Crippen LogP contribution in [0.15, 0.2) is 41.4 Å². The Morgan fingerprint density at radius 3 is 2.53 bits per heavy atom. The van der Waals surface area contributed by atoms with Gasteiger partial charge in [-0.2, -0.15) is 0 Å². The summed E-state index contributed by atoms with van der Waals surface area (Å²) in [6.45, 7) is 1.65. The number of aliphatic carboxylic acids is 1. The van der Waals surface area contributed by atoms with Gasteiger partial charge in [0.1, 0.15) is 5.75 Å². The number of piperidine rings is 1. The maximum Gasteiger partial charge on any atom is 0.309 e. The van der Waals surface area contributed by atoms with Gasteiger partial charge in [-0.3, -0.25) is 9.78 Å². The number of carboxylic acid groups (broad SMARTS) is 1. The van der Waals surface area contributed by atoms with Crippen LogP contribution in [0.1, 0.15) is 37.4 Å². The number of aliphatic hydroxyl groups excluding tert-OH is 1. The summed E-state index contributed by atoms with van der Waals surface area (Å²) in [5.74, 6) is -3.72. The van der Waals surface area contributed by atoms with Gasteiger partial charge in [0.15, 0.2) is 17.5 Å². The molecule has 0 bridgehead atoms. The highest BCUT2D eigenvalue weighted by Gasteiger charge is 2.41. The molecule has 2 aromatic carbocycles. The minimum absolute atomic E-state index is 0.208. The summed E-state index contributed by atoms with van der Waals surface area (Å²) in [5.41, 5.74) is 0.162. The lowest BCUT2D eigenvalue weighted by atomic mass is 9.74. The van der Waals surface area contributed by atoms with Gasteiger partial charge in [0.2, 0.25) is 0 Å². The van der Waals surface area contributed by atoms with Crippen LogP contribution in [0.4, 0.5) is 13.2 Å². The molecule has 1 aliphatic rings. The van der Waals surface area contributed by atoms with Crippen LogP contribution in [0.2, 0.25) is 5.02 Å². The third-order valence-electron chi connectivity index (χ3n) is 7.20. The monoisotopic (exact) mass is 568 g/mol. The van der Waals surface area contributed by atoms with Crippen LogP contribution in [-0.4, -0.2) is 58.6 Å². The standard InChI is InChI=1S/C27H28ClF3N2O4S/c1-37-16-2-3-22-18(12-16)24(19(28)15-32-22)23(34)4-5-27(26(35)36)6-8-33(9-7-27)10-11-38-17-13-20(29)25(31)21(30)14-17/h2-3,12-15,23,34H,4-11H2,1H3,(H,35,36). The highest BCUT2D eigenvalue weighted by atomic mass is 35.5. The fourth-order valence-corrected chi connectivity index (χ4v) is 6.11. The number of nitrogens with zero attached hydrogens (tertiary/aromatic N) is 2. The maximum absolute atomic E-state index is 13.4. The first-order valence-electron chi connectivity index (χ1n) is 12.2. The molecule has 2 N–H and O–H groups in total. The molecule has 1 aliphatic heterocycles. The van der Waals surface area contributed by atoms with E-state index in [1.807, 2.05) is 0 Å². The normalized spacial score (nSPS) is 16.5. The molecule has 1 unspecified atom stereocenters. The first-order chi connectivity index (χ1) is 18.1. The van der Waals surface area contributed by atoms with Crippen molar-refractivity contribution in [3.05, 3.63) is 64.6 Å². The number of ether oxygens (including phenoxy) is 1. The first kappa shape index (κ1) is 28.5. The quantitative estimate of drug-likeness (QED) is 0.226. The highest BCUT2D eigenvalue weighted by molar-refractivity contribution is 7.99. The van der Waals surface area contributed by atoms with Gasteiger partial charge in [-0.05, 0) is 69.1 Å². The zero-order valence-corrected chi connectivity index (χ0v) is 22.3. The van der Waals surface area contributed by atoms with Crippen LogP contribution in [0.3, 0.4) is 0 Å². The molecule has 0 spiro atoms. The molecule has 4 rings (SSSR count). The van der Waals surface area contributed by atoms with E-state index in [1.54, 1.807) is 25.3 Å². The number of methoxy groups -OCH3 is 1. The van der Waals surface area contributed by atoms with Gasteiger partial charge in [-0.1, -0.05) is 11.6 Å². The van der Waals surface area contributed by atoms with E-state index in [2.05, 4.69) is 9.88 Å². The molecule has 1 aromatic heterocycles. The Balaban J connectivity index is 1.36. The van der Waals surface area contributed by atoms with Gasteiger partial charge in [-0.15, -0.1) is 11.8 Å². The number of likely N-dealkylation sites (tertiary alicyclic amines) is 1. The summed E-state index contributed by atoms with van der Waals surface area (Å²) in [5, 5.41) is 22.1. The van der Waals surface area contributed by atoms with E-state index in [9.17, 15) is 28.2 Å². The zero-order chi connectivity index (χ0) is 27.4. The number of halogens is 4. The Labute approximate surface area is 227 Å². The molecule has 204 valence electrons. The highest BCUT2D eigenvalue weighted by Crippen LogP contribution is 2.41. The lowest BCUT2D eigenvalue weighted by Crippen LogP contribution is -2.45. The Kier molecular flexibility index (Phi) is 9.07. The second-order valence-electron chi connectivity index (χ2n) is 9.43. The fourth-order valence-electron chi connectivity index (χ4n) is 4.87. The number of carbonyl (C=O) groups is 1. The van der Waals surface area contributed by atoms with Crippen molar-refractivity contribution in [3.63, 3.8) is 0 Å². The van der Waals surface area contributed by atoms with Crippen LogP contribution in [0, 0.1) is 22.9 Å². The smallest absolute Gasteiger partial charge is 0.309 e. The number of benzene rings is 2. The van der Waals surface area contributed by atoms with Gasteiger partial charge in [0, 0.05) is 34.3 Å². The number of carboxylic acids is 1. The van der Waals surface area contributed by atoms with Crippen molar-refractivity contribution in [2.75, 3.05) is 32.5 Å². The molecular formula is C27H28ClF3N2O4S. The summed E-state index contributed by atoms with van der Waals surface area (Å²) in [6.07, 6.45) is 1.77. The number of fused-ring (bicyclic) bond motifs is 1. The van der Waals surface area contributed by atoms with E-state index in [-0.39, 0.29) is 12.8 Å². The van der Waals surface area contributed by atoms with Crippen LogP contribution < -0.4 is 4.74 Å². The van der Waals surface area contributed by atoms with Gasteiger partial charge in [0.05, 0.1) is 29.2 Å². The molecule has 0 aliphatic carbocycles. The molecule has 0 saturated carbocycles. The number of rotatable bonds is 10. The molecule has 1 saturated heterocycles. The number of thioether (sulfide) groups is 1. The second-order valence-corrected chi connectivity index (χ2v) is 11.0. The summed E-state index contributed by atoms with van der Waals surface area (Å²) in [4.78, 5) is 19.0. The lowest BCUT2D eigenvalue weighted by Gasteiger charge is -2.39.